The van der Waals surface area contributed by atoms with Gasteiger partial charge in [-0.15, -0.1) is 5.10 Å². The highest BCUT2D eigenvalue weighted by atomic mass is 32.2. The minimum absolute atomic E-state index is 0.246. The summed E-state index contributed by atoms with van der Waals surface area (Å²) in [5.41, 5.74) is 4.70. The van der Waals surface area contributed by atoms with Gasteiger partial charge in [-0.25, -0.2) is 13.9 Å². The number of hydrogen-bond donors (Lipinski definition) is 1. The molecule has 0 bridgehead atoms. The van der Waals surface area contributed by atoms with Gasteiger partial charge in [0.15, 0.2) is 0 Å². The summed E-state index contributed by atoms with van der Waals surface area (Å²) in [5, 5.41) is 8.38. The Bertz CT molecular complexity index is 1530. The number of allylic oxidation sites excluding steroid dienone is 1. The molecule has 200 valence electrons. The summed E-state index contributed by atoms with van der Waals surface area (Å²) >= 11 is 1.33. The predicted molar refractivity (Wildman–Crippen MR) is 149 cm³/mol. The quantitative estimate of drug-likeness (QED) is 0.192. The molecule has 0 fully saturated rings. The van der Waals surface area contributed by atoms with Crippen LogP contribution in [0.5, 0.6) is 5.75 Å². The van der Waals surface area contributed by atoms with Gasteiger partial charge in [-0.2, -0.15) is 4.98 Å². The third kappa shape index (κ3) is 5.83. The first-order chi connectivity index (χ1) is 18.9. The van der Waals surface area contributed by atoms with Crippen molar-refractivity contribution in [2.45, 2.75) is 44.3 Å². The van der Waals surface area contributed by atoms with E-state index in [1.54, 1.807) is 29.8 Å². The molecule has 4 aromatic rings. The summed E-state index contributed by atoms with van der Waals surface area (Å²) in [6.45, 7) is 6.32. The molecule has 0 saturated heterocycles. The van der Waals surface area contributed by atoms with Gasteiger partial charge in [-0.05, 0) is 61.2 Å². The summed E-state index contributed by atoms with van der Waals surface area (Å²) in [5.74, 6) is 0.842. The Balaban J connectivity index is 1.46. The molecule has 39 heavy (non-hydrogen) atoms. The normalized spacial score (nSPS) is 14.5. The highest BCUT2D eigenvalue weighted by Crippen LogP contribution is 2.38. The van der Waals surface area contributed by atoms with Crippen LogP contribution < -0.4 is 10.1 Å². The maximum Gasteiger partial charge on any atom is 0.338 e. The average Bonchev–Trinajstić information content (AvgIpc) is 3.34. The Labute approximate surface area is 231 Å². The summed E-state index contributed by atoms with van der Waals surface area (Å²) in [6, 6.07) is 21.8. The van der Waals surface area contributed by atoms with Crippen LogP contribution in [-0.2, 0) is 21.9 Å². The Hall–Kier alpha value is -4.11. The smallest absolute Gasteiger partial charge is 0.338 e. The first kappa shape index (κ1) is 26.5. The number of thioether (sulfide) groups is 1. The van der Waals surface area contributed by atoms with Crippen LogP contribution in [0.1, 0.15) is 42.1 Å². The van der Waals surface area contributed by atoms with Gasteiger partial charge in [0.25, 0.3) is 0 Å². The van der Waals surface area contributed by atoms with Gasteiger partial charge >= 0.3 is 5.97 Å². The van der Waals surface area contributed by atoms with Gasteiger partial charge in [-0.1, -0.05) is 66.4 Å². The van der Waals surface area contributed by atoms with E-state index >= 15 is 0 Å². The molecule has 0 radical (unpaired) electrons. The lowest BCUT2D eigenvalue weighted by molar-refractivity contribution is -0.139. The third-order valence-corrected chi connectivity index (χ3v) is 7.36. The topological polar surface area (TPSA) is 78.3 Å². The Morgan fingerprint density at radius 3 is 2.59 bits per heavy atom. The maximum atomic E-state index is 14.2. The van der Waals surface area contributed by atoms with Crippen LogP contribution in [0.15, 0.2) is 89.2 Å². The maximum absolute atomic E-state index is 14.2. The number of aryl methyl sites for hydroxylation is 1. The molecule has 7 nitrogen and oxygen atoms in total. The number of aromatic nitrogens is 3. The second-order valence-electron chi connectivity index (χ2n) is 9.12. The molecule has 0 amide bonds. The fourth-order valence-electron chi connectivity index (χ4n) is 4.44. The molecule has 5 rings (SSSR count). The molecule has 0 spiro atoms. The highest BCUT2D eigenvalue weighted by Gasteiger charge is 2.35. The van der Waals surface area contributed by atoms with Crippen molar-refractivity contribution in [2.24, 2.45) is 0 Å². The molecular formula is C30H29FN4O3S. The van der Waals surface area contributed by atoms with Gasteiger partial charge in [0, 0.05) is 11.4 Å². The SMILES string of the molecule is CCOC(=O)C1=C(C)Nc2nc(SCc3ccccc3F)nn2C1c1cccc(OCc2ccccc2C)c1. The van der Waals surface area contributed by atoms with E-state index in [0.29, 0.717) is 46.0 Å². The van der Waals surface area contributed by atoms with E-state index in [-0.39, 0.29) is 12.4 Å². The monoisotopic (exact) mass is 544 g/mol. The third-order valence-electron chi connectivity index (χ3n) is 6.47. The summed E-state index contributed by atoms with van der Waals surface area (Å²) < 4.78 is 27.4. The standard InChI is InChI=1S/C30H29FN4O3S/c1-4-37-28(36)26-20(3)32-29-33-30(39-18-23-12-7-8-15-25(23)31)34-35(29)27(26)21-13-9-14-24(16-21)38-17-22-11-6-5-10-19(22)2/h5-16,27H,4,17-18H2,1-3H3,(H,32,33,34). The molecule has 1 aromatic heterocycles. The van der Waals surface area contributed by atoms with E-state index in [1.165, 1.54) is 17.8 Å². The summed E-state index contributed by atoms with van der Waals surface area (Å²) in [7, 11) is 0. The second kappa shape index (κ2) is 11.7. The number of anilines is 1. The second-order valence-corrected chi connectivity index (χ2v) is 10.1. The number of benzene rings is 3. The molecule has 0 saturated carbocycles. The number of halogens is 1. The van der Waals surface area contributed by atoms with Gasteiger partial charge in [0.1, 0.15) is 24.2 Å². The van der Waals surface area contributed by atoms with Gasteiger partial charge in [-0.3, -0.25) is 0 Å². The largest absolute Gasteiger partial charge is 0.489 e. The molecule has 3 aromatic carbocycles. The number of hydrogen-bond acceptors (Lipinski definition) is 7. The number of rotatable bonds is 9. The van der Waals surface area contributed by atoms with E-state index in [4.69, 9.17) is 14.6 Å². The van der Waals surface area contributed by atoms with Crippen molar-refractivity contribution in [3.8, 4) is 5.75 Å². The van der Waals surface area contributed by atoms with Gasteiger partial charge in [0.05, 0.1) is 12.2 Å². The van der Waals surface area contributed by atoms with Crippen LogP contribution in [-0.4, -0.2) is 27.3 Å². The van der Waals surface area contributed by atoms with Crippen molar-refractivity contribution >= 4 is 23.7 Å². The molecule has 1 N–H and O–H groups in total. The minimum atomic E-state index is -0.586. The van der Waals surface area contributed by atoms with Crippen molar-refractivity contribution in [3.05, 3.63) is 112 Å². The van der Waals surface area contributed by atoms with Crippen LogP contribution in [0.2, 0.25) is 0 Å². The number of fused-ring (bicyclic) bond motifs is 1. The molecule has 1 unspecified atom stereocenters. The minimum Gasteiger partial charge on any atom is -0.489 e. The summed E-state index contributed by atoms with van der Waals surface area (Å²) in [6.07, 6.45) is 0. The van der Waals surface area contributed by atoms with Crippen LogP contribution in [0.4, 0.5) is 10.3 Å². The van der Waals surface area contributed by atoms with Crippen LogP contribution >= 0.6 is 11.8 Å². The van der Waals surface area contributed by atoms with Crippen LogP contribution in [0.3, 0.4) is 0 Å². The fourth-order valence-corrected chi connectivity index (χ4v) is 5.25. The first-order valence-electron chi connectivity index (χ1n) is 12.7. The molecular weight excluding hydrogens is 515 g/mol. The van der Waals surface area contributed by atoms with Crippen LogP contribution in [0, 0.1) is 12.7 Å². The van der Waals surface area contributed by atoms with Gasteiger partial charge in [0.2, 0.25) is 11.1 Å². The van der Waals surface area contributed by atoms with Crippen LogP contribution in [0.25, 0.3) is 0 Å². The number of ether oxygens (including phenoxy) is 2. The lowest BCUT2D eigenvalue weighted by atomic mass is 9.95. The molecule has 1 aliphatic rings. The lowest BCUT2D eigenvalue weighted by Crippen LogP contribution is -2.29. The fraction of sp³-hybridized carbons (Fsp3) is 0.233. The van der Waals surface area contributed by atoms with Crippen molar-refractivity contribution < 1.29 is 18.7 Å². The van der Waals surface area contributed by atoms with Gasteiger partial charge < -0.3 is 14.8 Å². The van der Waals surface area contributed by atoms with Crippen molar-refractivity contribution in [1.29, 1.82) is 0 Å². The number of nitrogens with zero attached hydrogens (tertiary/aromatic N) is 3. The molecule has 2 heterocycles. The van der Waals surface area contributed by atoms with Crippen molar-refractivity contribution in [1.82, 2.24) is 14.8 Å². The zero-order valence-corrected chi connectivity index (χ0v) is 22.8. The zero-order valence-electron chi connectivity index (χ0n) is 22.0. The number of carbonyl (C=O) groups is 1. The van der Waals surface area contributed by atoms with E-state index < -0.39 is 12.0 Å². The predicted octanol–water partition coefficient (Wildman–Crippen LogP) is 6.45. The Morgan fingerprint density at radius 1 is 1.05 bits per heavy atom. The highest BCUT2D eigenvalue weighted by molar-refractivity contribution is 7.98. The Kier molecular flexibility index (Phi) is 7.97. The molecule has 1 aliphatic heterocycles. The number of nitrogens with one attached hydrogen (secondary N) is 1. The molecule has 0 aliphatic carbocycles. The number of esters is 1. The van der Waals surface area contributed by atoms with Crippen molar-refractivity contribution in [2.75, 3.05) is 11.9 Å². The number of carbonyl (C=O) groups excluding carboxylic acids is 1. The zero-order chi connectivity index (χ0) is 27.4. The van der Waals surface area contributed by atoms with E-state index in [9.17, 15) is 9.18 Å². The summed E-state index contributed by atoms with van der Waals surface area (Å²) in [4.78, 5) is 17.8. The van der Waals surface area contributed by atoms with E-state index in [0.717, 1.165) is 16.7 Å². The Morgan fingerprint density at radius 2 is 1.82 bits per heavy atom. The van der Waals surface area contributed by atoms with E-state index in [2.05, 4.69) is 23.3 Å². The molecule has 1 atom stereocenters. The first-order valence-corrected chi connectivity index (χ1v) is 13.7. The van der Waals surface area contributed by atoms with E-state index in [1.807, 2.05) is 49.4 Å². The average molecular weight is 545 g/mol. The lowest BCUT2D eigenvalue weighted by Gasteiger charge is -2.28. The van der Waals surface area contributed by atoms with Crippen molar-refractivity contribution in [3.63, 3.8) is 0 Å². The molecule has 9 heteroatoms.